The van der Waals surface area contributed by atoms with Crippen LogP contribution in [-0.4, -0.2) is 36.4 Å². The first-order valence-corrected chi connectivity index (χ1v) is 13.5. The van der Waals surface area contributed by atoms with Crippen LogP contribution >= 0.6 is 50.5 Å². The molecular formula is C19H18BrCl2N5O3S2. The topological polar surface area (TPSA) is 127 Å². The highest BCUT2D eigenvalue weighted by Gasteiger charge is 2.29. The Morgan fingerprint density at radius 1 is 1.25 bits per heavy atom. The standard InChI is InChI=1S/C19H18BrCl2N5O3S2/c20-17-11-2-1-7-24-14(11)15(25-10-5-3-9(23)4-6-10)16(26-17)19(28)27-32(29,30)12-8-13(21)31-18(12)22/h1-2,7-10,25H,3-6,23H2,(H,27,28). The van der Waals surface area contributed by atoms with Crippen molar-refractivity contribution in [1.29, 1.82) is 0 Å². The maximum absolute atomic E-state index is 13.1. The number of nitrogens with zero attached hydrogens (tertiary/aromatic N) is 2. The Balaban J connectivity index is 1.74. The number of sulfonamides is 1. The monoisotopic (exact) mass is 577 g/mol. The fourth-order valence-electron chi connectivity index (χ4n) is 3.60. The summed E-state index contributed by atoms with van der Waals surface area (Å²) in [7, 11) is -4.27. The third-order valence-electron chi connectivity index (χ3n) is 5.19. The molecule has 32 heavy (non-hydrogen) atoms. The second-order valence-corrected chi connectivity index (χ2v) is 12.1. The molecule has 3 heterocycles. The number of thiophene rings is 1. The van der Waals surface area contributed by atoms with Gasteiger partial charge in [0.1, 0.15) is 13.8 Å². The van der Waals surface area contributed by atoms with Gasteiger partial charge < -0.3 is 11.1 Å². The molecule has 1 saturated carbocycles. The van der Waals surface area contributed by atoms with E-state index in [4.69, 9.17) is 28.9 Å². The summed E-state index contributed by atoms with van der Waals surface area (Å²) in [6.45, 7) is 0. The third kappa shape index (κ3) is 4.87. The molecular weight excluding hydrogens is 561 g/mol. The Labute approximate surface area is 207 Å². The lowest BCUT2D eigenvalue weighted by molar-refractivity contribution is 0.0977. The van der Waals surface area contributed by atoms with Crippen molar-refractivity contribution in [3.05, 3.63) is 43.4 Å². The molecule has 170 valence electrons. The number of carbonyl (C=O) groups excluding carboxylic acids is 1. The number of hydrogen-bond acceptors (Lipinski definition) is 8. The van der Waals surface area contributed by atoms with Crippen LogP contribution in [0.3, 0.4) is 0 Å². The van der Waals surface area contributed by atoms with E-state index >= 15 is 0 Å². The Bertz CT molecular complexity index is 1290. The number of nitrogens with one attached hydrogen (secondary N) is 2. The average molecular weight is 579 g/mol. The SMILES string of the molecule is NC1CCC(Nc2c(C(=O)NS(=O)(=O)c3cc(Cl)sc3Cl)nc(Br)c3cccnc23)CC1. The van der Waals surface area contributed by atoms with Gasteiger partial charge >= 0.3 is 0 Å². The van der Waals surface area contributed by atoms with Crippen molar-refractivity contribution in [2.75, 3.05) is 5.32 Å². The number of aromatic nitrogens is 2. The van der Waals surface area contributed by atoms with Crippen molar-refractivity contribution in [3.63, 3.8) is 0 Å². The molecule has 0 atom stereocenters. The van der Waals surface area contributed by atoms with Crippen LogP contribution in [0, 0.1) is 0 Å². The zero-order valence-electron chi connectivity index (χ0n) is 16.4. The van der Waals surface area contributed by atoms with Crippen LogP contribution in [0.4, 0.5) is 5.69 Å². The van der Waals surface area contributed by atoms with Crippen LogP contribution in [-0.2, 0) is 10.0 Å². The van der Waals surface area contributed by atoms with Crippen LogP contribution in [0.15, 0.2) is 33.9 Å². The van der Waals surface area contributed by atoms with E-state index < -0.39 is 15.9 Å². The fourth-order valence-corrected chi connectivity index (χ4v) is 7.20. The van der Waals surface area contributed by atoms with E-state index in [2.05, 4.69) is 31.2 Å². The highest BCUT2D eigenvalue weighted by Crippen LogP contribution is 2.35. The van der Waals surface area contributed by atoms with E-state index in [0.717, 1.165) is 37.0 Å². The molecule has 1 aliphatic carbocycles. The van der Waals surface area contributed by atoms with Gasteiger partial charge in [0.2, 0.25) is 0 Å². The quantitative estimate of drug-likeness (QED) is 0.379. The first-order chi connectivity index (χ1) is 15.2. The molecule has 1 amide bonds. The van der Waals surface area contributed by atoms with Gasteiger partial charge in [-0.25, -0.2) is 18.1 Å². The van der Waals surface area contributed by atoms with Crippen LogP contribution < -0.4 is 15.8 Å². The molecule has 4 rings (SSSR count). The minimum atomic E-state index is -4.27. The van der Waals surface area contributed by atoms with Crippen molar-refractivity contribution in [2.45, 2.75) is 42.7 Å². The molecule has 1 fully saturated rings. The minimum Gasteiger partial charge on any atom is -0.379 e. The van der Waals surface area contributed by atoms with Crippen molar-refractivity contribution in [2.24, 2.45) is 5.73 Å². The van der Waals surface area contributed by atoms with Gasteiger partial charge in [-0.3, -0.25) is 9.78 Å². The fraction of sp³-hybridized carbons (Fsp3) is 0.316. The summed E-state index contributed by atoms with van der Waals surface area (Å²) < 4.78 is 28.1. The summed E-state index contributed by atoms with van der Waals surface area (Å²) in [4.78, 5) is 21.6. The van der Waals surface area contributed by atoms with Crippen LogP contribution in [0.5, 0.6) is 0 Å². The Kier molecular flexibility index (Phi) is 6.94. The number of amides is 1. The maximum Gasteiger partial charge on any atom is 0.285 e. The number of hydrogen-bond donors (Lipinski definition) is 3. The smallest absolute Gasteiger partial charge is 0.285 e. The average Bonchev–Trinajstić information content (AvgIpc) is 3.10. The molecule has 0 saturated heterocycles. The Morgan fingerprint density at radius 3 is 2.62 bits per heavy atom. The molecule has 0 aromatic carbocycles. The summed E-state index contributed by atoms with van der Waals surface area (Å²) >= 11 is 16.1. The largest absolute Gasteiger partial charge is 0.379 e. The number of nitrogens with two attached hydrogens (primary N) is 1. The number of halogens is 3. The van der Waals surface area contributed by atoms with E-state index in [0.29, 0.717) is 21.2 Å². The summed E-state index contributed by atoms with van der Waals surface area (Å²) in [6.07, 6.45) is 4.92. The van der Waals surface area contributed by atoms with Gasteiger partial charge in [0.25, 0.3) is 15.9 Å². The van der Waals surface area contributed by atoms with E-state index in [1.165, 1.54) is 6.07 Å². The zero-order chi connectivity index (χ0) is 23.0. The van der Waals surface area contributed by atoms with E-state index in [-0.39, 0.29) is 31.3 Å². The molecule has 13 heteroatoms. The molecule has 0 bridgehead atoms. The lowest BCUT2D eigenvalue weighted by Gasteiger charge is -2.28. The van der Waals surface area contributed by atoms with Gasteiger partial charge in [-0.1, -0.05) is 23.2 Å². The van der Waals surface area contributed by atoms with E-state index in [1.807, 2.05) is 10.8 Å². The molecule has 8 nitrogen and oxygen atoms in total. The van der Waals surface area contributed by atoms with Gasteiger partial charge in [-0.15, -0.1) is 11.3 Å². The number of pyridine rings is 2. The zero-order valence-corrected chi connectivity index (χ0v) is 21.2. The first-order valence-electron chi connectivity index (χ1n) is 9.64. The van der Waals surface area contributed by atoms with Gasteiger partial charge in [0.15, 0.2) is 5.69 Å². The highest BCUT2D eigenvalue weighted by molar-refractivity contribution is 9.10. The molecule has 0 spiro atoms. The van der Waals surface area contributed by atoms with E-state index in [9.17, 15) is 13.2 Å². The molecule has 1 aliphatic rings. The number of rotatable bonds is 5. The normalized spacial score (nSPS) is 19.1. The highest BCUT2D eigenvalue weighted by atomic mass is 79.9. The number of fused-ring (bicyclic) bond motifs is 1. The van der Waals surface area contributed by atoms with Gasteiger partial charge in [0, 0.05) is 23.7 Å². The molecule has 0 aliphatic heterocycles. The van der Waals surface area contributed by atoms with Crippen molar-refractivity contribution < 1.29 is 13.2 Å². The van der Waals surface area contributed by atoms with Gasteiger partial charge in [0.05, 0.1) is 15.5 Å². The Morgan fingerprint density at radius 2 is 1.97 bits per heavy atom. The summed E-state index contributed by atoms with van der Waals surface area (Å²) in [5.74, 6) is -0.911. The summed E-state index contributed by atoms with van der Waals surface area (Å²) in [5, 5.41) is 4.05. The molecule has 3 aromatic rings. The lowest BCUT2D eigenvalue weighted by Crippen LogP contribution is -2.35. The van der Waals surface area contributed by atoms with Crippen molar-refractivity contribution >= 4 is 83.0 Å². The molecule has 4 N–H and O–H groups in total. The van der Waals surface area contributed by atoms with Gasteiger partial charge in [-0.05, 0) is 59.8 Å². The predicted molar refractivity (Wildman–Crippen MR) is 130 cm³/mol. The van der Waals surface area contributed by atoms with Crippen LogP contribution in [0.1, 0.15) is 36.2 Å². The summed E-state index contributed by atoms with van der Waals surface area (Å²) in [6, 6.07) is 4.97. The maximum atomic E-state index is 13.1. The number of carbonyl (C=O) groups is 1. The third-order valence-corrected chi connectivity index (χ3v) is 8.88. The van der Waals surface area contributed by atoms with E-state index in [1.54, 1.807) is 12.3 Å². The van der Waals surface area contributed by atoms with Crippen LogP contribution in [0.25, 0.3) is 10.9 Å². The van der Waals surface area contributed by atoms with Crippen LogP contribution in [0.2, 0.25) is 8.67 Å². The number of anilines is 1. The Hall–Kier alpha value is -1.50. The molecule has 0 radical (unpaired) electrons. The first kappa shape index (κ1) is 23.7. The predicted octanol–water partition coefficient (Wildman–Crippen LogP) is 4.56. The second kappa shape index (κ2) is 9.40. The minimum absolute atomic E-state index is 0.0403. The van der Waals surface area contributed by atoms with Crippen molar-refractivity contribution in [3.8, 4) is 0 Å². The summed E-state index contributed by atoms with van der Waals surface area (Å²) in [5.41, 5.74) is 6.78. The second-order valence-electron chi connectivity index (χ2n) is 7.40. The van der Waals surface area contributed by atoms with Gasteiger partial charge in [-0.2, -0.15) is 0 Å². The molecule has 0 unspecified atom stereocenters. The molecule has 3 aromatic heterocycles. The van der Waals surface area contributed by atoms with Crippen molar-refractivity contribution in [1.82, 2.24) is 14.7 Å². The lowest BCUT2D eigenvalue weighted by atomic mass is 9.91.